The molecule has 0 radical (unpaired) electrons. The molecule has 2 aromatic rings. The van der Waals surface area contributed by atoms with Crippen molar-refractivity contribution in [3.8, 4) is 0 Å². The Morgan fingerprint density at radius 1 is 1.12 bits per heavy atom. The van der Waals surface area contributed by atoms with E-state index in [1.807, 2.05) is 0 Å². The van der Waals surface area contributed by atoms with Gasteiger partial charge in [-0.2, -0.15) is 0 Å². The van der Waals surface area contributed by atoms with Gasteiger partial charge in [0.1, 0.15) is 0 Å². The van der Waals surface area contributed by atoms with E-state index in [1.165, 1.54) is 29.3 Å². The fourth-order valence-corrected chi connectivity index (χ4v) is 2.51. The van der Waals surface area contributed by atoms with Crippen LogP contribution in [-0.4, -0.2) is 4.57 Å². The molecule has 0 aliphatic heterocycles. The summed E-state index contributed by atoms with van der Waals surface area (Å²) >= 11 is 0. The maximum atomic E-state index is 2.45. The van der Waals surface area contributed by atoms with Gasteiger partial charge in [-0.25, -0.2) is 0 Å². The minimum atomic E-state index is 0.231. The first-order chi connectivity index (χ1) is 7.57. The largest absolute Gasteiger partial charge is 0.344 e. The first-order valence-corrected chi connectivity index (χ1v) is 6.17. The maximum absolute atomic E-state index is 2.45. The predicted octanol–water partition coefficient (Wildman–Crippen LogP) is 4.27. The molecule has 1 heterocycles. The molecule has 1 nitrogen and oxygen atoms in total. The minimum Gasteiger partial charge on any atom is -0.344 e. The van der Waals surface area contributed by atoms with Crippen LogP contribution >= 0.6 is 0 Å². The lowest BCUT2D eigenvalue weighted by molar-refractivity contribution is 0.596. The molecule has 0 unspecified atom stereocenters. The second kappa shape index (κ2) is 3.13. The van der Waals surface area contributed by atoms with Crippen molar-refractivity contribution in [2.75, 3.05) is 0 Å². The highest BCUT2D eigenvalue weighted by Crippen LogP contribution is 2.39. The molecule has 1 aromatic carbocycles. The molecule has 0 atom stereocenters. The van der Waals surface area contributed by atoms with Crippen molar-refractivity contribution >= 4 is 10.9 Å². The summed E-state index contributed by atoms with van der Waals surface area (Å²) in [6.45, 7) is 6.86. The Morgan fingerprint density at radius 3 is 2.50 bits per heavy atom. The SMILES string of the molecule is CC(C)(C)c1cccc2c1ccn2C1CC1. The number of hydrogen-bond donors (Lipinski definition) is 0. The lowest BCUT2D eigenvalue weighted by Crippen LogP contribution is -2.11. The first-order valence-electron chi connectivity index (χ1n) is 6.17. The fourth-order valence-electron chi connectivity index (χ4n) is 2.51. The molecule has 1 fully saturated rings. The third-order valence-electron chi connectivity index (χ3n) is 3.51. The summed E-state index contributed by atoms with van der Waals surface area (Å²) in [5.41, 5.74) is 3.11. The summed E-state index contributed by atoms with van der Waals surface area (Å²) in [5, 5.41) is 1.43. The number of aromatic nitrogens is 1. The molecule has 1 aliphatic rings. The number of fused-ring (bicyclic) bond motifs is 1. The standard InChI is InChI=1S/C15H19N/c1-15(2,3)13-5-4-6-14-12(13)9-10-16(14)11-7-8-11/h4-6,9-11H,7-8H2,1-3H3. The van der Waals surface area contributed by atoms with E-state index in [9.17, 15) is 0 Å². The Bertz CT molecular complexity index is 524. The fraction of sp³-hybridized carbons (Fsp3) is 0.467. The molecular formula is C15H19N. The summed E-state index contributed by atoms with van der Waals surface area (Å²) in [6, 6.07) is 9.77. The lowest BCUT2D eigenvalue weighted by atomic mass is 9.85. The third-order valence-corrected chi connectivity index (χ3v) is 3.51. The van der Waals surface area contributed by atoms with Gasteiger partial charge < -0.3 is 4.57 Å². The van der Waals surface area contributed by atoms with Gasteiger partial charge in [-0.1, -0.05) is 32.9 Å². The highest BCUT2D eigenvalue weighted by Gasteiger charge is 2.25. The molecule has 84 valence electrons. The summed E-state index contributed by atoms with van der Waals surface area (Å²) in [7, 11) is 0. The average Bonchev–Trinajstić information content (AvgIpc) is 2.96. The van der Waals surface area contributed by atoms with Crippen LogP contribution in [0.3, 0.4) is 0 Å². The van der Waals surface area contributed by atoms with Crippen LogP contribution in [0.5, 0.6) is 0 Å². The second-order valence-electron chi connectivity index (χ2n) is 5.94. The van der Waals surface area contributed by atoms with Crippen molar-refractivity contribution in [2.24, 2.45) is 0 Å². The van der Waals surface area contributed by atoms with Crippen LogP contribution in [-0.2, 0) is 5.41 Å². The van der Waals surface area contributed by atoms with Crippen molar-refractivity contribution in [2.45, 2.75) is 45.1 Å². The Hall–Kier alpha value is -1.24. The van der Waals surface area contributed by atoms with Gasteiger partial charge in [0.2, 0.25) is 0 Å². The maximum Gasteiger partial charge on any atom is 0.0485 e. The molecule has 3 rings (SSSR count). The van der Waals surface area contributed by atoms with Gasteiger partial charge >= 0.3 is 0 Å². The van der Waals surface area contributed by atoms with E-state index in [4.69, 9.17) is 0 Å². The number of hydrogen-bond acceptors (Lipinski definition) is 0. The third kappa shape index (κ3) is 1.46. The quantitative estimate of drug-likeness (QED) is 0.666. The smallest absolute Gasteiger partial charge is 0.0485 e. The summed E-state index contributed by atoms with van der Waals surface area (Å²) in [6.07, 6.45) is 4.96. The molecule has 0 N–H and O–H groups in total. The summed E-state index contributed by atoms with van der Waals surface area (Å²) in [5.74, 6) is 0. The molecule has 1 aliphatic carbocycles. The van der Waals surface area contributed by atoms with Crippen LogP contribution in [0, 0.1) is 0 Å². The van der Waals surface area contributed by atoms with Crippen LogP contribution in [0.1, 0.15) is 45.2 Å². The van der Waals surface area contributed by atoms with Crippen LogP contribution in [0.25, 0.3) is 10.9 Å². The van der Waals surface area contributed by atoms with Gasteiger partial charge in [-0.05, 0) is 36.0 Å². The Labute approximate surface area is 97.1 Å². The molecule has 0 bridgehead atoms. The van der Waals surface area contributed by atoms with Crippen molar-refractivity contribution in [3.63, 3.8) is 0 Å². The van der Waals surface area contributed by atoms with Gasteiger partial charge in [0.15, 0.2) is 0 Å². The van der Waals surface area contributed by atoms with Crippen LogP contribution in [0.2, 0.25) is 0 Å². The van der Waals surface area contributed by atoms with Gasteiger partial charge in [-0.3, -0.25) is 0 Å². The summed E-state index contributed by atoms with van der Waals surface area (Å²) < 4.78 is 2.45. The van der Waals surface area contributed by atoms with Crippen molar-refractivity contribution in [1.29, 1.82) is 0 Å². The van der Waals surface area contributed by atoms with Crippen LogP contribution in [0.15, 0.2) is 30.5 Å². The highest BCUT2D eigenvalue weighted by molar-refractivity contribution is 5.85. The van der Waals surface area contributed by atoms with Gasteiger partial charge in [0.25, 0.3) is 0 Å². The van der Waals surface area contributed by atoms with E-state index in [1.54, 1.807) is 0 Å². The highest BCUT2D eigenvalue weighted by atomic mass is 15.0. The van der Waals surface area contributed by atoms with Gasteiger partial charge in [-0.15, -0.1) is 0 Å². The zero-order valence-electron chi connectivity index (χ0n) is 10.3. The zero-order chi connectivity index (χ0) is 11.3. The van der Waals surface area contributed by atoms with E-state index in [0.717, 1.165) is 6.04 Å². The zero-order valence-corrected chi connectivity index (χ0v) is 10.3. The normalized spacial score (nSPS) is 16.9. The monoisotopic (exact) mass is 213 g/mol. The van der Waals surface area contributed by atoms with Gasteiger partial charge in [0.05, 0.1) is 0 Å². The topological polar surface area (TPSA) is 4.93 Å². The van der Waals surface area contributed by atoms with Crippen molar-refractivity contribution in [3.05, 3.63) is 36.0 Å². The van der Waals surface area contributed by atoms with E-state index in [0.29, 0.717) is 0 Å². The van der Waals surface area contributed by atoms with Crippen LogP contribution in [0.4, 0.5) is 0 Å². The van der Waals surface area contributed by atoms with E-state index in [-0.39, 0.29) is 5.41 Å². The molecule has 0 amide bonds. The number of benzene rings is 1. The van der Waals surface area contributed by atoms with Crippen molar-refractivity contribution < 1.29 is 0 Å². The second-order valence-corrected chi connectivity index (χ2v) is 5.94. The van der Waals surface area contributed by atoms with Crippen LogP contribution < -0.4 is 0 Å². The van der Waals surface area contributed by atoms with E-state index >= 15 is 0 Å². The van der Waals surface area contributed by atoms with E-state index < -0.39 is 0 Å². The molecule has 1 heteroatoms. The minimum absolute atomic E-state index is 0.231. The number of rotatable bonds is 1. The molecular weight excluding hydrogens is 194 g/mol. The predicted molar refractivity (Wildman–Crippen MR) is 68.9 cm³/mol. The Kier molecular flexibility index (Phi) is 1.95. The Morgan fingerprint density at radius 2 is 1.88 bits per heavy atom. The molecule has 0 saturated heterocycles. The summed E-state index contributed by atoms with van der Waals surface area (Å²) in [4.78, 5) is 0. The molecule has 1 saturated carbocycles. The first kappa shape index (κ1) is 9.95. The molecule has 0 spiro atoms. The molecule has 1 aromatic heterocycles. The van der Waals surface area contributed by atoms with Crippen molar-refractivity contribution in [1.82, 2.24) is 4.57 Å². The van der Waals surface area contributed by atoms with E-state index in [2.05, 4.69) is 55.8 Å². The van der Waals surface area contributed by atoms with Gasteiger partial charge in [0, 0.05) is 23.1 Å². The molecule has 16 heavy (non-hydrogen) atoms. The average molecular weight is 213 g/mol. The number of nitrogens with zero attached hydrogens (tertiary/aromatic N) is 1. The lowest BCUT2D eigenvalue weighted by Gasteiger charge is -2.20. The Balaban J connectivity index is 2.24.